The van der Waals surface area contributed by atoms with E-state index < -0.39 is 19.7 Å². The molecule has 108 valence electrons. The van der Waals surface area contributed by atoms with Crippen molar-refractivity contribution in [3.05, 3.63) is 23.8 Å². The van der Waals surface area contributed by atoms with Gasteiger partial charge in [0.25, 0.3) is 0 Å². The fourth-order valence-electron chi connectivity index (χ4n) is 1.78. The molecule has 0 aliphatic heterocycles. The first-order valence-electron chi connectivity index (χ1n) is 5.89. The van der Waals surface area contributed by atoms with Crippen molar-refractivity contribution in [3.8, 4) is 0 Å². The summed E-state index contributed by atoms with van der Waals surface area (Å²) < 4.78 is 46.6. The molecule has 0 amide bonds. The van der Waals surface area contributed by atoms with Gasteiger partial charge < -0.3 is 5.73 Å². The number of aryl methyl sites for hydroxylation is 1. The molecule has 0 unspecified atom stereocenters. The summed E-state index contributed by atoms with van der Waals surface area (Å²) in [6.07, 6.45) is 4.40. The molecule has 19 heavy (non-hydrogen) atoms. The van der Waals surface area contributed by atoms with Crippen molar-refractivity contribution in [2.24, 2.45) is 5.73 Å². The molecule has 0 saturated heterocycles. The molecular formula is C12H19NO4S2. The molecule has 7 heteroatoms. The Kier molecular flexibility index (Phi) is 5.11. The number of sulfone groups is 2. The van der Waals surface area contributed by atoms with Crippen LogP contribution in [0, 0.1) is 0 Å². The molecular weight excluding hydrogens is 286 g/mol. The van der Waals surface area contributed by atoms with Crippen molar-refractivity contribution < 1.29 is 16.8 Å². The van der Waals surface area contributed by atoms with Crippen molar-refractivity contribution in [3.63, 3.8) is 0 Å². The molecule has 0 bridgehead atoms. The number of nitrogens with two attached hydrogens (primary N) is 1. The summed E-state index contributed by atoms with van der Waals surface area (Å²) in [4.78, 5) is -0.266. The Morgan fingerprint density at radius 1 is 0.947 bits per heavy atom. The van der Waals surface area contributed by atoms with E-state index in [2.05, 4.69) is 0 Å². The molecule has 0 aliphatic rings. The Morgan fingerprint density at radius 2 is 1.53 bits per heavy atom. The van der Waals surface area contributed by atoms with E-state index in [4.69, 9.17) is 5.73 Å². The minimum Gasteiger partial charge on any atom is -0.330 e. The molecule has 0 saturated carbocycles. The Bertz CT molecular complexity index is 648. The second kappa shape index (κ2) is 6.02. The van der Waals surface area contributed by atoms with E-state index in [1.165, 1.54) is 12.1 Å². The summed E-state index contributed by atoms with van der Waals surface area (Å²) >= 11 is 0. The van der Waals surface area contributed by atoms with Gasteiger partial charge in [-0.15, -0.1) is 0 Å². The standard InChI is InChI=1S/C12H19NO4S2/c1-18(14,15)11-7-6-10(5-3-4-8-13)9-12(11)19(2,16)17/h6-7,9H,3-5,8,13H2,1-2H3. The molecule has 5 nitrogen and oxygen atoms in total. The smallest absolute Gasteiger partial charge is 0.176 e. The van der Waals surface area contributed by atoms with Crippen LogP contribution in [0.5, 0.6) is 0 Å². The number of rotatable bonds is 6. The van der Waals surface area contributed by atoms with Gasteiger partial charge in [0.2, 0.25) is 0 Å². The van der Waals surface area contributed by atoms with E-state index in [1.807, 2.05) is 0 Å². The summed E-state index contributed by atoms with van der Waals surface area (Å²) in [5.74, 6) is 0. The average Bonchev–Trinajstić information content (AvgIpc) is 2.26. The zero-order valence-electron chi connectivity index (χ0n) is 11.1. The Hall–Kier alpha value is -0.920. The molecule has 1 aromatic rings. The van der Waals surface area contributed by atoms with Crippen molar-refractivity contribution in [2.45, 2.75) is 29.1 Å². The highest BCUT2D eigenvalue weighted by atomic mass is 32.2. The molecule has 2 N–H and O–H groups in total. The first-order valence-corrected chi connectivity index (χ1v) is 9.67. The second-order valence-corrected chi connectivity index (χ2v) is 8.54. The van der Waals surface area contributed by atoms with E-state index in [9.17, 15) is 16.8 Å². The Labute approximate surface area is 114 Å². The highest BCUT2D eigenvalue weighted by molar-refractivity contribution is 7.93. The second-order valence-electron chi connectivity index (χ2n) is 4.57. The summed E-state index contributed by atoms with van der Waals surface area (Å²) in [5, 5.41) is 0. The molecule has 0 radical (unpaired) electrons. The van der Waals surface area contributed by atoms with Crippen LogP contribution in [0.15, 0.2) is 28.0 Å². The third-order valence-electron chi connectivity index (χ3n) is 2.73. The lowest BCUT2D eigenvalue weighted by atomic mass is 10.1. The Balaban J connectivity index is 3.25. The van der Waals surface area contributed by atoms with Gasteiger partial charge in [0.15, 0.2) is 19.7 Å². The van der Waals surface area contributed by atoms with Crippen LogP contribution in [0.1, 0.15) is 18.4 Å². The summed E-state index contributed by atoms with van der Waals surface area (Å²) in [6.45, 7) is 0.584. The first kappa shape index (κ1) is 16.1. The SMILES string of the molecule is CS(=O)(=O)c1ccc(CCCCN)cc1S(C)(=O)=O. The minimum absolute atomic E-state index is 0.125. The molecule has 0 atom stereocenters. The normalized spacial score (nSPS) is 12.6. The van der Waals surface area contributed by atoms with Crippen LogP contribution >= 0.6 is 0 Å². The fourth-order valence-corrected chi connectivity index (χ4v) is 4.22. The lowest BCUT2D eigenvalue weighted by molar-refractivity contribution is 0.588. The Morgan fingerprint density at radius 3 is 2.00 bits per heavy atom. The van der Waals surface area contributed by atoms with Gasteiger partial charge in [-0.25, -0.2) is 16.8 Å². The van der Waals surface area contributed by atoms with Crippen molar-refractivity contribution in [1.82, 2.24) is 0 Å². The molecule has 0 spiro atoms. The van der Waals surface area contributed by atoms with Gasteiger partial charge in [-0.1, -0.05) is 6.07 Å². The fraction of sp³-hybridized carbons (Fsp3) is 0.500. The van der Waals surface area contributed by atoms with E-state index in [0.29, 0.717) is 13.0 Å². The van der Waals surface area contributed by atoms with Crippen LogP contribution in [0.2, 0.25) is 0 Å². The first-order chi connectivity index (χ1) is 8.66. The van der Waals surface area contributed by atoms with Crippen molar-refractivity contribution in [1.29, 1.82) is 0 Å². The maximum atomic E-state index is 11.7. The maximum Gasteiger partial charge on any atom is 0.176 e. The van der Waals surface area contributed by atoms with Gasteiger partial charge in [0.05, 0.1) is 9.79 Å². The number of hydrogen-bond donors (Lipinski definition) is 1. The van der Waals surface area contributed by atoms with E-state index >= 15 is 0 Å². The van der Waals surface area contributed by atoms with Crippen LogP contribution in [-0.4, -0.2) is 35.9 Å². The van der Waals surface area contributed by atoms with Crippen molar-refractivity contribution in [2.75, 3.05) is 19.1 Å². The highest BCUT2D eigenvalue weighted by Crippen LogP contribution is 2.23. The molecule has 1 rings (SSSR count). The number of unbranched alkanes of at least 4 members (excludes halogenated alkanes) is 1. The van der Waals surface area contributed by atoms with Crippen LogP contribution in [-0.2, 0) is 26.1 Å². The van der Waals surface area contributed by atoms with Crippen molar-refractivity contribution >= 4 is 19.7 Å². The summed E-state index contributed by atoms with van der Waals surface area (Å²) in [6, 6.07) is 4.47. The van der Waals surface area contributed by atoms with Gasteiger partial charge in [0.1, 0.15) is 0 Å². The lowest BCUT2D eigenvalue weighted by Gasteiger charge is -2.09. The third kappa shape index (κ3) is 4.59. The number of benzene rings is 1. The molecule has 0 heterocycles. The number of hydrogen-bond acceptors (Lipinski definition) is 5. The van der Waals surface area contributed by atoms with Crippen LogP contribution < -0.4 is 5.73 Å². The topological polar surface area (TPSA) is 94.3 Å². The van der Waals surface area contributed by atoms with Crippen LogP contribution in [0.3, 0.4) is 0 Å². The molecule has 0 fully saturated rings. The largest absolute Gasteiger partial charge is 0.330 e. The molecule has 0 aliphatic carbocycles. The van der Waals surface area contributed by atoms with E-state index in [-0.39, 0.29) is 9.79 Å². The minimum atomic E-state index is -3.57. The summed E-state index contributed by atoms with van der Waals surface area (Å²) in [7, 11) is -7.13. The zero-order valence-corrected chi connectivity index (χ0v) is 12.7. The van der Waals surface area contributed by atoms with Gasteiger partial charge in [-0.3, -0.25) is 0 Å². The monoisotopic (exact) mass is 305 g/mol. The van der Waals surface area contributed by atoms with Gasteiger partial charge in [-0.05, 0) is 43.5 Å². The predicted molar refractivity (Wildman–Crippen MR) is 74.7 cm³/mol. The quantitative estimate of drug-likeness (QED) is 0.784. The molecule has 1 aromatic carbocycles. The van der Waals surface area contributed by atoms with E-state index in [1.54, 1.807) is 6.07 Å². The summed E-state index contributed by atoms with van der Waals surface area (Å²) in [5.41, 5.74) is 6.20. The van der Waals surface area contributed by atoms with Crippen LogP contribution in [0.25, 0.3) is 0 Å². The van der Waals surface area contributed by atoms with Crippen LogP contribution in [0.4, 0.5) is 0 Å². The predicted octanol–water partition coefficient (Wildman–Crippen LogP) is 0.775. The van der Waals surface area contributed by atoms with Gasteiger partial charge in [-0.2, -0.15) is 0 Å². The van der Waals surface area contributed by atoms with Gasteiger partial charge in [0, 0.05) is 12.5 Å². The maximum absolute atomic E-state index is 11.7. The highest BCUT2D eigenvalue weighted by Gasteiger charge is 2.20. The lowest BCUT2D eigenvalue weighted by Crippen LogP contribution is -2.08. The zero-order chi connectivity index (χ0) is 14.7. The average molecular weight is 305 g/mol. The van der Waals surface area contributed by atoms with E-state index in [0.717, 1.165) is 30.9 Å². The van der Waals surface area contributed by atoms with Gasteiger partial charge >= 0.3 is 0 Å². The molecule has 0 aromatic heterocycles. The third-order valence-corrected chi connectivity index (χ3v) is 5.15.